The van der Waals surface area contributed by atoms with Gasteiger partial charge in [0.15, 0.2) is 4.60 Å². The van der Waals surface area contributed by atoms with Gasteiger partial charge >= 0.3 is 0 Å². The maximum atomic E-state index is 4.04. The van der Waals surface area contributed by atoms with Crippen LogP contribution in [0.5, 0.6) is 0 Å². The van der Waals surface area contributed by atoms with Gasteiger partial charge in [-0.2, -0.15) is 15.4 Å². The quantitative estimate of drug-likeness (QED) is 0.821. The molecule has 0 bridgehead atoms. The van der Waals surface area contributed by atoms with E-state index in [4.69, 9.17) is 0 Å². The second-order valence-electron chi connectivity index (χ2n) is 3.01. The molecule has 0 aromatic carbocycles. The van der Waals surface area contributed by atoms with Gasteiger partial charge in [-0.25, -0.2) is 4.68 Å². The summed E-state index contributed by atoms with van der Waals surface area (Å²) in [6, 6.07) is -0.0851. The lowest BCUT2D eigenvalue weighted by Gasteiger charge is -2.12. The van der Waals surface area contributed by atoms with Crippen molar-refractivity contribution in [3.63, 3.8) is 0 Å². The molecule has 0 saturated heterocycles. The van der Waals surface area contributed by atoms with Gasteiger partial charge in [0, 0.05) is 7.05 Å². The van der Waals surface area contributed by atoms with Crippen LogP contribution in [0, 0.1) is 0 Å². The molecule has 0 saturated carbocycles. The summed E-state index contributed by atoms with van der Waals surface area (Å²) in [7, 11) is 3.68. The van der Waals surface area contributed by atoms with Crippen LogP contribution in [0.2, 0.25) is 0 Å². The van der Waals surface area contributed by atoms with E-state index in [0.29, 0.717) is 4.60 Å². The molecule has 2 heterocycles. The summed E-state index contributed by atoms with van der Waals surface area (Å²) in [5.41, 5.74) is 1.70. The van der Waals surface area contributed by atoms with Crippen LogP contribution in [0.3, 0.4) is 0 Å². The van der Waals surface area contributed by atoms with E-state index < -0.39 is 0 Å². The summed E-state index contributed by atoms with van der Waals surface area (Å²) in [5.74, 6) is 0. The minimum Gasteiger partial charge on any atom is -0.307 e. The van der Waals surface area contributed by atoms with E-state index in [0.717, 1.165) is 11.4 Å². The number of nitrogens with zero attached hydrogens (tertiary/aromatic N) is 5. The second kappa shape index (κ2) is 4.07. The van der Waals surface area contributed by atoms with Crippen LogP contribution >= 0.6 is 15.9 Å². The molecule has 80 valence electrons. The Kier molecular flexibility index (Phi) is 2.78. The van der Waals surface area contributed by atoms with Crippen molar-refractivity contribution in [1.29, 1.82) is 0 Å². The number of aryl methyl sites for hydroxylation is 1. The van der Waals surface area contributed by atoms with Gasteiger partial charge in [-0.15, -0.1) is 5.10 Å². The highest BCUT2D eigenvalue weighted by Gasteiger charge is 2.22. The van der Waals surface area contributed by atoms with Gasteiger partial charge in [0.1, 0.15) is 5.69 Å². The van der Waals surface area contributed by atoms with Gasteiger partial charge in [-0.3, -0.25) is 0 Å². The summed E-state index contributed by atoms with van der Waals surface area (Å²) in [4.78, 5) is 0. The fourth-order valence-corrected chi connectivity index (χ4v) is 1.98. The van der Waals surface area contributed by atoms with Crippen LogP contribution in [0.1, 0.15) is 17.4 Å². The third-order valence-corrected chi connectivity index (χ3v) is 2.68. The number of aromatic nitrogens is 6. The van der Waals surface area contributed by atoms with Crippen molar-refractivity contribution in [2.24, 2.45) is 7.05 Å². The van der Waals surface area contributed by atoms with Crippen LogP contribution in [-0.2, 0) is 7.05 Å². The zero-order chi connectivity index (χ0) is 10.8. The molecule has 7 nitrogen and oxygen atoms in total. The molecule has 15 heavy (non-hydrogen) atoms. The summed E-state index contributed by atoms with van der Waals surface area (Å²) in [6.45, 7) is 0. The molecular formula is C7H10BrN7. The first-order valence-corrected chi connectivity index (χ1v) is 5.11. The molecule has 0 fully saturated rings. The number of rotatable bonds is 3. The Morgan fingerprint density at radius 3 is 2.87 bits per heavy atom. The lowest BCUT2D eigenvalue weighted by atomic mass is 10.1. The predicted molar refractivity (Wildman–Crippen MR) is 56.0 cm³/mol. The first-order valence-electron chi connectivity index (χ1n) is 4.32. The average molecular weight is 272 g/mol. The SMILES string of the molecule is CNC(c1cn[nH]n1)c1c(Br)nnn1C. The molecule has 2 aromatic rings. The predicted octanol–water partition coefficient (Wildman–Crippen LogP) is 0.00450. The Balaban J connectivity index is 2.44. The maximum Gasteiger partial charge on any atom is 0.153 e. The van der Waals surface area contributed by atoms with E-state index in [-0.39, 0.29) is 6.04 Å². The fraction of sp³-hybridized carbons (Fsp3) is 0.429. The van der Waals surface area contributed by atoms with Crippen LogP contribution in [0.15, 0.2) is 10.8 Å². The van der Waals surface area contributed by atoms with Gasteiger partial charge in [-0.05, 0) is 23.0 Å². The standard InChI is InChI=1S/C7H10BrN7/c1-9-5(4-3-10-13-11-4)6-7(8)12-14-15(6)2/h3,5,9H,1-2H3,(H,10,11,13). The third kappa shape index (κ3) is 1.77. The average Bonchev–Trinajstić information content (AvgIpc) is 2.83. The number of nitrogens with one attached hydrogen (secondary N) is 2. The van der Waals surface area contributed by atoms with Crippen LogP contribution in [0.25, 0.3) is 0 Å². The van der Waals surface area contributed by atoms with Gasteiger partial charge in [0.25, 0.3) is 0 Å². The van der Waals surface area contributed by atoms with Gasteiger partial charge in [0.05, 0.1) is 17.9 Å². The molecule has 1 unspecified atom stereocenters. The Labute approximate surface area is 94.4 Å². The zero-order valence-corrected chi connectivity index (χ0v) is 9.85. The molecule has 0 aliphatic heterocycles. The number of H-pyrrole nitrogens is 1. The van der Waals surface area contributed by atoms with Crippen LogP contribution in [0.4, 0.5) is 0 Å². The molecule has 0 radical (unpaired) electrons. The summed E-state index contributed by atoms with van der Waals surface area (Å²) in [5, 5.41) is 21.4. The summed E-state index contributed by atoms with van der Waals surface area (Å²) < 4.78 is 2.40. The third-order valence-electron chi connectivity index (χ3n) is 2.12. The van der Waals surface area contributed by atoms with E-state index in [9.17, 15) is 0 Å². The highest BCUT2D eigenvalue weighted by Crippen LogP contribution is 2.24. The van der Waals surface area contributed by atoms with Crippen molar-refractivity contribution < 1.29 is 0 Å². The molecule has 0 aliphatic carbocycles. The molecule has 2 N–H and O–H groups in total. The molecular weight excluding hydrogens is 262 g/mol. The van der Waals surface area contributed by atoms with Crippen LogP contribution < -0.4 is 5.32 Å². The van der Waals surface area contributed by atoms with E-state index in [2.05, 4.69) is 47.0 Å². The van der Waals surface area contributed by atoms with E-state index in [1.807, 2.05) is 14.1 Å². The number of hydrogen-bond acceptors (Lipinski definition) is 5. The fourth-order valence-electron chi connectivity index (χ4n) is 1.42. The molecule has 0 spiro atoms. The Bertz CT molecular complexity index is 415. The lowest BCUT2D eigenvalue weighted by Crippen LogP contribution is -2.21. The van der Waals surface area contributed by atoms with Gasteiger partial charge in [-0.1, -0.05) is 5.21 Å². The largest absolute Gasteiger partial charge is 0.307 e. The maximum absolute atomic E-state index is 4.04. The molecule has 2 aromatic heterocycles. The van der Waals surface area contributed by atoms with Crippen molar-refractivity contribution in [3.8, 4) is 0 Å². The first-order chi connectivity index (χ1) is 7.24. The minimum absolute atomic E-state index is 0.0851. The van der Waals surface area contributed by atoms with Crippen molar-refractivity contribution in [2.75, 3.05) is 7.05 Å². The van der Waals surface area contributed by atoms with Crippen molar-refractivity contribution in [1.82, 2.24) is 35.7 Å². The smallest absolute Gasteiger partial charge is 0.153 e. The lowest BCUT2D eigenvalue weighted by molar-refractivity contribution is 0.585. The Hall–Kier alpha value is -1.28. The van der Waals surface area contributed by atoms with E-state index in [1.165, 1.54) is 0 Å². The highest BCUT2D eigenvalue weighted by atomic mass is 79.9. The first kappa shape index (κ1) is 10.2. The minimum atomic E-state index is -0.0851. The number of hydrogen-bond donors (Lipinski definition) is 2. The molecule has 0 aliphatic rings. The number of aromatic amines is 1. The Morgan fingerprint density at radius 1 is 1.60 bits per heavy atom. The monoisotopic (exact) mass is 271 g/mol. The summed E-state index contributed by atoms with van der Waals surface area (Å²) in [6.07, 6.45) is 1.67. The highest BCUT2D eigenvalue weighted by molar-refractivity contribution is 9.10. The van der Waals surface area contributed by atoms with E-state index in [1.54, 1.807) is 10.9 Å². The van der Waals surface area contributed by atoms with Gasteiger partial charge in [0.2, 0.25) is 0 Å². The normalized spacial score (nSPS) is 13.0. The number of halogens is 1. The molecule has 0 amide bonds. The molecule has 1 atom stereocenters. The van der Waals surface area contributed by atoms with Crippen LogP contribution in [-0.4, -0.2) is 37.5 Å². The molecule has 8 heteroatoms. The topological polar surface area (TPSA) is 84.3 Å². The molecule has 2 rings (SSSR count). The zero-order valence-electron chi connectivity index (χ0n) is 8.27. The van der Waals surface area contributed by atoms with E-state index >= 15 is 0 Å². The van der Waals surface area contributed by atoms with Gasteiger partial charge < -0.3 is 5.32 Å². The Morgan fingerprint density at radius 2 is 2.40 bits per heavy atom. The van der Waals surface area contributed by atoms with Crippen molar-refractivity contribution >= 4 is 15.9 Å². The summed E-state index contributed by atoms with van der Waals surface area (Å²) >= 11 is 3.35. The van der Waals surface area contributed by atoms with Crippen molar-refractivity contribution in [3.05, 3.63) is 22.2 Å². The van der Waals surface area contributed by atoms with Crippen molar-refractivity contribution in [2.45, 2.75) is 6.04 Å². The second-order valence-corrected chi connectivity index (χ2v) is 3.76.